The van der Waals surface area contributed by atoms with Crippen molar-refractivity contribution in [1.29, 1.82) is 0 Å². The van der Waals surface area contributed by atoms with Crippen molar-refractivity contribution in [2.75, 3.05) is 7.11 Å². The van der Waals surface area contributed by atoms with Gasteiger partial charge in [0.1, 0.15) is 5.56 Å². The third-order valence-corrected chi connectivity index (χ3v) is 1.47. The highest BCUT2D eigenvalue weighted by atomic mass is 16.5. The Balaban J connectivity index is 3.25. The number of esters is 1. The lowest BCUT2D eigenvalue weighted by atomic mass is 10.2. The largest absolute Gasteiger partial charge is 0.478 e. The summed E-state index contributed by atoms with van der Waals surface area (Å²) in [5, 5.41) is 8.64. The molecule has 0 unspecified atom stereocenters. The molecular formula is C8H6O6. The zero-order valence-electron chi connectivity index (χ0n) is 7.14. The molecule has 0 atom stereocenters. The quantitative estimate of drug-likeness (QED) is 0.563. The number of hydrogen-bond acceptors (Lipinski definition) is 5. The third-order valence-electron chi connectivity index (χ3n) is 1.47. The van der Waals surface area contributed by atoms with Crippen LogP contribution in [0.5, 0.6) is 0 Å². The Hall–Kier alpha value is -2.11. The zero-order valence-corrected chi connectivity index (χ0v) is 7.14. The highest BCUT2D eigenvalue weighted by Crippen LogP contribution is 2.15. The first kappa shape index (κ1) is 9.97. The molecule has 1 aromatic heterocycles. The van der Waals surface area contributed by atoms with Crippen molar-refractivity contribution in [3.63, 3.8) is 0 Å². The molecule has 74 valence electrons. The van der Waals surface area contributed by atoms with Gasteiger partial charge in [0.25, 0.3) is 0 Å². The number of furan rings is 1. The summed E-state index contributed by atoms with van der Waals surface area (Å²) in [6.45, 7) is 0. The minimum absolute atomic E-state index is 0.234. The molecule has 0 spiro atoms. The van der Waals surface area contributed by atoms with Crippen molar-refractivity contribution in [2.45, 2.75) is 0 Å². The van der Waals surface area contributed by atoms with Crippen LogP contribution in [-0.4, -0.2) is 30.4 Å². The molecule has 1 N–H and O–H groups in total. The summed E-state index contributed by atoms with van der Waals surface area (Å²) in [6, 6.07) is 0.960. The maximum absolute atomic E-state index is 11.0. The average molecular weight is 198 g/mol. The molecule has 1 heterocycles. The molecule has 6 nitrogen and oxygen atoms in total. The van der Waals surface area contributed by atoms with E-state index in [0.717, 1.165) is 13.2 Å². The second-order valence-electron chi connectivity index (χ2n) is 2.31. The molecule has 0 amide bonds. The molecule has 0 aliphatic heterocycles. The normalized spacial score (nSPS) is 9.50. The summed E-state index contributed by atoms with van der Waals surface area (Å²) < 4.78 is 8.93. The van der Waals surface area contributed by atoms with Gasteiger partial charge in [-0.2, -0.15) is 0 Å². The molecule has 0 radical (unpaired) electrons. The van der Waals surface area contributed by atoms with Crippen LogP contribution in [0.15, 0.2) is 10.5 Å². The van der Waals surface area contributed by atoms with Gasteiger partial charge in [-0.3, -0.25) is 4.79 Å². The van der Waals surface area contributed by atoms with E-state index in [1.807, 2.05) is 0 Å². The van der Waals surface area contributed by atoms with Crippen molar-refractivity contribution < 1.29 is 28.6 Å². The maximum atomic E-state index is 11.0. The van der Waals surface area contributed by atoms with E-state index in [1.165, 1.54) is 0 Å². The fourth-order valence-electron chi connectivity index (χ4n) is 0.871. The van der Waals surface area contributed by atoms with Gasteiger partial charge in [-0.1, -0.05) is 0 Å². The monoisotopic (exact) mass is 198 g/mol. The Kier molecular flexibility index (Phi) is 2.66. The SMILES string of the molecule is COC(=O)c1oc(C=O)cc1C(=O)O. The van der Waals surface area contributed by atoms with Crippen LogP contribution in [0.1, 0.15) is 31.5 Å². The predicted molar refractivity (Wildman–Crippen MR) is 42.4 cm³/mol. The van der Waals surface area contributed by atoms with Gasteiger partial charge in [0.2, 0.25) is 5.76 Å². The standard InChI is InChI=1S/C8H6O6/c1-13-8(12)6-5(7(10)11)2-4(3-9)14-6/h2-3H,1H3,(H,10,11). The van der Waals surface area contributed by atoms with Crippen LogP contribution in [0, 0.1) is 0 Å². The van der Waals surface area contributed by atoms with E-state index in [2.05, 4.69) is 9.15 Å². The van der Waals surface area contributed by atoms with Crippen LogP contribution in [0.25, 0.3) is 0 Å². The topological polar surface area (TPSA) is 93.8 Å². The lowest BCUT2D eigenvalue weighted by Crippen LogP contribution is -2.06. The van der Waals surface area contributed by atoms with E-state index in [-0.39, 0.29) is 11.3 Å². The maximum Gasteiger partial charge on any atom is 0.374 e. The Morgan fingerprint density at radius 1 is 1.57 bits per heavy atom. The number of aromatic carboxylic acids is 1. The van der Waals surface area contributed by atoms with E-state index in [9.17, 15) is 14.4 Å². The lowest BCUT2D eigenvalue weighted by molar-refractivity contribution is 0.0546. The lowest BCUT2D eigenvalue weighted by Gasteiger charge is -1.94. The van der Waals surface area contributed by atoms with Gasteiger partial charge >= 0.3 is 11.9 Å². The molecule has 0 aliphatic rings. The molecule has 0 saturated heterocycles. The third kappa shape index (κ3) is 1.63. The first-order valence-electron chi connectivity index (χ1n) is 3.50. The summed E-state index contributed by atoms with van der Waals surface area (Å²) in [5.41, 5.74) is -0.390. The molecule has 1 aromatic rings. The Bertz CT molecular complexity index is 389. The molecule has 0 fully saturated rings. The van der Waals surface area contributed by atoms with Crippen LogP contribution in [0.3, 0.4) is 0 Å². The number of carboxylic acids is 1. The predicted octanol–water partition coefficient (Wildman–Crippen LogP) is 0.577. The van der Waals surface area contributed by atoms with Crippen LogP contribution < -0.4 is 0 Å². The number of methoxy groups -OCH3 is 1. The minimum atomic E-state index is -1.36. The van der Waals surface area contributed by atoms with E-state index in [4.69, 9.17) is 5.11 Å². The molecular weight excluding hydrogens is 192 g/mol. The second-order valence-corrected chi connectivity index (χ2v) is 2.31. The number of hydrogen-bond donors (Lipinski definition) is 1. The van der Waals surface area contributed by atoms with Crippen LogP contribution >= 0.6 is 0 Å². The molecule has 1 rings (SSSR count). The van der Waals surface area contributed by atoms with Gasteiger partial charge in [0.15, 0.2) is 12.0 Å². The highest BCUT2D eigenvalue weighted by molar-refractivity contribution is 6.01. The highest BCUT2D eigenvalue weighted by Gasteiger charge is 2.23. The number of rotatable bonds is 3. The van der Waals surface area contributed by atoms with Crippen LogP contribution in [0.2, 0.25) is 0 Å². The molecule has 6 heteroatoms. The fourth-order valence-corrected chi connectivity index (χ4v) is 0.871. The van der Waals surface area contributed by atoms with Crippen molar-refractivity contribution in [3.8, 4) is 0 Å². The molecule has 0 aromatic carbocycles. The fraction of sp³-hybridized carbons (Fsp3) is 0.125. The Morgan fingerprint density at radius 3 is 2.64 bits per heavy atom. The Morgan fingerprint density at radius 2 is 2.21 bits per heavy atom. The summed E-state index contributed by atoms with van der Waals surface area (Å²) in [7, 11) is 1.08. The van der Waals surface area contributed by atoms with Crippen LogP contribution in [-0.2, 0) is 4.74 Å². The summed E-state index contributed by atoms with van der Waals surface area (Å²) in [5.74, 6) is -3.01. The van der Waals surface area contributed by atoms with Gasteiger partial charge in [0, 0.05) is 6.07 Å². The Labute approximate surface area is 78.1 Å². The van der Waals surface area contributed by atoms with E-state index < -0.39 is 17.7 Å². The van der Waals surface area contributed by atoms with Crippen molar-refractivity contribution in [2.24, 2.45) is 0 Å². The number of carboxylic acid groups (broad SMARTS) is 1. The minimum Gasteiger partial charge on any atom is -0.478 e. The van der Waals surface area contributed by atoms with E-state index in [0.29, 0.717) is 6.29 Å². The molecule has 0 saturated carbocycles. The number of ether oxygens (including phenoxy) is 1. The first-order valence-corrected chi connectivity index (χ1v) is 3.50. The zero-order chi connectivity index (χ0) is 10.7. The number of carbonyl (C=O) groups is 3. The van der Waals surface area contributed by atoms with Gasteiger partial charge < -0.3 is 14.3 Å². The van der Waals surface area contributed by atoms with Gasteiger partial charge in [0.05, 0.1) is 7.11 Å². The summed E-state index contributed by atoms with van der Waals surface area (Å²) in [4.78, 5) is 31.8. The molecule has 14 heavy (non-hydrogen) atoms. The molecule has 0 aliphatic carbocycles. The van der Waals surface area contributed by atoms with Crippen molar-refractivity contribution in [3.05, 3.63) is 23.2 Å². The van der Waals surface area contributed by atoms with Crippen molar-refractivity contribution in [1.82, 2.24) is 0 Å². The van der Waals surface area contributed by atoms with Gasteiger partial charge in [-0.15, -0.1) is 0 Å². The van der Waals surface area contributed by atoms with Gasteiger partial charge in [-0.05, 0) is 0 Å². The van der Waals surface area contributed by atoms with Crippen LogP contribution in [0.4, 0.5) is 0 Å². The van der Waals surface area contributed by atoms with E-state index in [1.54, 1.807) is 0 Å². The first-order chi connectivity index (χ1) is 6.60. The number of carbonyl (C=O) groups excluding carboxylic acids is 2. The smallest absolute Gasteiger partial charge is 0.374 e. The van der Waals surface area contributed by atoms with Gasteiger partial charge in [-0.25, -0.2) is 9.59 Å². The second kappa shape index (κ2) is 3.73. The number of aldehydes is 1. The van der Waals surface area contributed by atoms with Crippen molar-refractivity contribution >= 4 is 18.2 Å². The summed E-state index contributed by atoms with van der Waals surface area (Å²) in [6.07, 6.45) is 0.304. The molecule has 0 bridgehead atoms. The average Bonchev–Trinajstić information content (AvgIpc) is 2.60. The summed E-state index contributed by atoms with van der Waals surface area (Å²) >= 11 is 0. The van der Waals surface area contributed by atoms with E-state index >= 15 is 0 Å².